The summed E-state index contributed by atoms with van der Waals surface area (Å²) in [6.07, 6.45) is 4.34. The number of para-hydroxylation sites is 1. The molecule has 24 heavy (non-hydrogen) atoms. The van der Waals surface area contributed by atoms with Crippen LogP contribution in [0, 0.1) is 0 Å². The zero-order valence-electron chi connectivity index (χ0n) is 13.9. The molecule has 5 heteroatoms. The van der Waals surface area contributed by atoms with E-state index in [0.717, 1.165) is 61.8 Å². The molecule has 4 rings (SSSR count). The lowest BCUT2D eigenvalue weighted by Crippen LogP contribution is -2.49. The number of nitrogens with zero attached hydrogens (tertiary/aromatic N) is 2. The number of rotatable bonds is 3. The maximum atomic E-state index is 12.9. The fourth-order valence-electron chi connectivity index (χ4n) is 3.80. The van der Waals surface area contributed by atoms with E-state index < -0.39 is 0 Å². The van der Waals surface area contributed by atoms with Gasteiger partial charge < -0.3 is 9.64 Å². The van der Waals surface area contributed by atoms with Crippen LogP contribution < -0.4 is 4.74 Å². The molecule has 4 nitrogen and oxygen atoms in total. The first-order valence-electron chi connectivity index (χ1n) is 8.83. The third kappa shape index (κ3) is 3.33. The summed E-state index contributed by atoms with van der Waals surface area (Å²) in [5, 5.41) is 0. The summed E-state index contributed by atoms with van der Waals surface area (Å²) in [6.45, 7) is 4.31. The molecule has 0 bridgehead atoms. The van der Waals surface area contributed by atoms with E-state index in [1.807, 2.05) is 30.0 Å². The van der Waals surface area contributed by atoms with E-state index in [4.69, 9.17) is 4.74 Å². The summed E-state index contributed by atoms with van der Waals surface area (Å²) in [6, 6.07) is 8.21. The monoisotopic (exact) mass is 344 g/mol. The van der Waals surface area contributed by atoms with E-state index in [0.29, 0.717) is 12.5 Å². The second-order valence-corrected chi connectivity index (χ2v) is 7.92. The average molecular weight is 344 g/mol. The Kier molecular flexibility index (Phi) is 4.81. The second-order valence-electron chi connectivity index (χ2n) is 6.70. The van der Waals surface area contributed by atoms with Crippen LogP contribution in [0.5, 0.6) is 5.75 Å². The van der Waals surface area contributed by atoms with Gasteiger partial charge in [0, 0.05) is 36.7 Å². The van der Waals surface area contributed by atoms with Crippen molar-refractivity contribution in [3.05, 3.63) is 35.4 Å². The van der Waals surface area contributed by atoms with Crippen molar-refractivity contribution in [2.24, 2.45) is 0 Å². The first-order valence-corrected chi connectivity index (χ1v) is 9.98. The molecule has 0 saturated carbocycles. The Morgan fingerprint density at radius 2 is 2.04 bits per heavy atom. The van der Waals surface area contributed by atoms with Gasteiger partial charge in [0.05, 0.1) is 6.04 Å². The van der Waals surface area contributed by atoms with Crippen LogP contribution in [0.2, 0.25) is 0 Å². The van der Waals surface area contributed by atoms with Crippen molar-refractivity contribution in [1.82, 2.24) is 9.80 Å². The van der Waals surface area contributed by atoms with Crippen molar-refractivity contribution in [2.45, 2.75) is 18.9 Å². The molecule has 0 spiro atoms. The van der Waals surface area contributed by atoms with E-state index in [1.54, 1.807) is 0 Å². The standard InChI is InChI=1S/C19H24N2O2S/c22-19(20-8-10-24-11-9-20)17-5-3-7-21(17)13-15-12-16-4-1-2-6-18(16)23-14-15/h1-2,4,6,12,17H,3,5,7-11,13-14H2. The first-order chi connectivity index (χ1) is 11.8. The fourth-order valence-corrected chi connectivity index (χ4v) is 4.71. The number of fused-ring (bicyclic) bond motifs is 1. The molecule has 1 amide bonds. The number of likely N-dealkylation sites (tertiary alicyclic amines) is 1. The molecule has 2 saturated heterocycles. The summed E-state index contributed by atoms with van der Waals surface area (Å²) in [7, 11) is 0. The quantitative estimate of drug-likeness (QED) is 0.843. The minimum atomic E-state index is 0.0613. The Bertz CT molecular complexity index is 640. The molecular formula is C19H24N2O2S. The van der Waals surface area contributed by atoms with Crippen molar-refractivity contribution >= 4 is 23.7 Å². The number of ether oxygens (including phenoxy) is 1. The van der Waals surface area contributed by atoms with Crippen molar-refractivity contribution in [2.75, 3.05) is 44.3 Å². The lowest BCUT2D eigenvalue weighted by molar-refractivity contribution is -0.135. The zero-order chi connectivity index (χ0) is 16.4. The molecule has 1 aromatic carbocycles. The topological polar surface area (TPSA) is 32.8 Å². The van der Waals surface area contributed by atoms with Crippen molar-refractivity contribution in [3.8, 4) is 5.75 Å². The molecule has 128 valence electrons. The molecule has 3 aliphatic heterocycles. The highest BCUT2D eigenvalue weighted by atomic mass is 32.2. The Morgan fingerprint density at radius 3 is 2.92 bits per heavy atom. The number of amides is 1. The number of hydrogen-bond donors (Lipinski definition) is 0. The summed E-state index contributed by atoms with van der Waals surface area (Å²) in [5.41, 5.74) is 2.41. The SMILES string of the molecule is O=C(C1CCCN1CC1=Cc2ccccc2OC1)N1CCSCC1. The predicted octanol–water partition coefficient (Wildman–Crippen LogP) is 2.50. The number of thioether (sulfide) groups is 1. The van der Waals surface area contributed by atoms with E-state index in [1.165, 1.54) is 5.57 Å². The second kappa shape index (κ2) is 7.19. The van der Waals surface area contributed by atoms with E-state index in [-0.39, 0.29) is 6.04 Å². The maximum absolute atomic E-state index is 12.9. The molecule has 0 N–H and O–H groups in total. The van der Waals surface area contributed by atoms with Gasteiger partial charge in [-0.1, -0.05) is 18.2 Å². The molecule has 3 heterocycles. The van der Waals surface area contributed by atoms with Gasteiger partial charge in [0.2, 0.25) is 5.91 Å². The van der Waals surface area contributed by atoms with E-state index in [2.05, 4.69) is 21.9 Å². The van der Waals surface area contributed by atoms with Gasteiger partial charge in [-0.15, -0.1) is 0 Å². The Hall–Kier alpha value is -1.46. The van der Waals surface area contributed by atoms with Gasteiger partial charge in [0.25, 0.3) is 0 Å². The lowest BCUT2D eigenvalue weighted by Gasteiger charge is -2.33. The smallest absolute Gasteiger partial charge is 0.239 e. The molecule has 0 radical (unpaired) electrons. The van der Waals surface area contributed by atoms with E-state index in [9.17, 15) is 4.79 Å². The summed E-state index contributed by atoms with van der Waals surface area (Å²) < 4.78 is 5.87. The van der Waals surface area contributed by atoms with Crippen LogP contribution in [0.1, 0.15) is 18.4 Å². The van der Waals surface area contributed by atoms with E-state index >= 15 is 0 Å². The minimum absolute atomic E-state index is 0.0613. The lowest BCUT2D eigenvalue weighted by atomic mass is 10.1. The summed E-state index contributed by atoms with van der Waals surface area (Å²) in [4.78, 5) is 17.3. The minimum Gasteiger partial charge on any atom is -0.489 e. The van der Waals surface area contributed by atoms with Crippen molar-refractivity contribution in [1.29, 1.82) is 0 Å². The number of benzene rings is 1. The van der Waals surface area contributed by atoms with Crippen molar-refractivity contribution in [3.63, 3.8) is 0 Å². The third-order valence-corrected chi connectivity index (χ3v) is 6.01. The number of carbonyl (C=O) groups is 1. The van der Waals surface area contributed by atoms with Gasteiger partial charge in [0.1, 0.15) is 12.4 Å². The highest BCUT2D eigenvalue weighted by molar-refractivity contribution is 7.99. The number of hydrogen-bond acceptors (Lipinski definition) is 4. The van der Waals surface area contributed by atoms with Gasteiger partial charge in [-0.25, -0.2) is 0 Å². The van der Waals surface area contributed by atoms with Gasteiger partial charge in [0.15, 0.2) is 0 Å². The summed E-state index contributed by atoms with van der Waals surface area (Å²) >= 11 is 1.95. The van der Waals surface area contributed by atoms with Crippen LogP contribution >= 0.6 is 11.8 Å². The largest absolute Gasteiger partial charge is 0.489 e. The highest BCUT2D eigenvalue weighted by Crippen LogP contribution is 2.28. The van der Waals surface area contributed by atoms with Gasteiger partial charge >= 0.3 is 0 Å². The first kappa shape index (κ1) is 16.0. The Balaban J connectivity index is 1.44. The third-order valence-electron chi connectivity index (χ3n) is 5.07. The van der Waals surface area contributed by atoms with Crippen LogP contribution in [0.4, 0.5) is 0 Å². The molecule has 3 aliphatic rings. The van der Waals surface area contributed by atoms with Gasteiger partial charge in [-0.3, -0.25) is 9.69 Å². The number of carbonyl (C=O) groups excluding carboxylic acids is 1. The Labute approximate surface area is 147 Å². The van der Waals surface area contributed by atoms with Crippen LogP contribution in [0.25, 0.3) is 6.08 Å². The van der Waals surface area contributed by atoms with Crippen LogP contribution in [0.15, 0.2) is 29.8 Å². The molecular weight excluding hydrogens is 320 g/mol. The van der Waals surface area contributed by atoms with Crippen LogP contribution in [0.3, 0.4) is 0 Å². The zero-order valence-corrected chi connectivity index (χ0v) is 14.8. The maximum Gasteiger partial charge on any atom is 0.239 e. The van der Waals surface area contributed by atoms with Crippen LogP contribution in [-0.4, -0.2) is 66.0 Å². The molecule has 1 atom stereocenters. The predicted molar refractivity (Wildman–Crippen MR) is 98.4 cm³/mol. The molecule has 1 unspecified atom stereocenters. The average Bonchev–Trinajstić information content (AvgIpc) is 3.10. The summed E-state index contributed by atoms with van der Waals surface area (Å²) in [5.74, 6) is 3.45. The normalized spacial score (nSPS) is 24.2. The molecule has 0 aromatic heterocycles. The van der Waals surface area contributed by atoms with Gasteiger partial charge in [-0.05, 0) is 37.1 Å². The van der Waals surface area contributed by atoms with Crippen LogP contribution in [-0.2, 0) is 4.79 Å². The Morgan fingerprint density at radius 1 is 1.21 bits per heavy atom. The van der Waals surface area contributed by atoms with Gasteiger partial charge in [-0.2, -0.15) is 11.8 Å². The fraction of sp³-hybridized carbons (Fsp3) is 0.526. The molecule has 2 fully saturated rings. The molecule has 1 aromatic rings. The highest BCUT2D eigenvalue weighted by Gasteiger charge is 2.34. The molecule has 0 aliphatic carbocycles. The van der Waals surface area contributed by atoms with Crippen molar-refractivity contribution < 1.29 is 9.53 Å².